The Kier molecular flexibility index (Phi) is 4.51. The van der Waals surface area contributed by atoms with E-state index in [0.29, 0.717) is 16.6 Å². The highest BCUT2D eigenvalue weighted by molar-refractivity contribution is 6.33. The molecule has 0 aromatic heterocycles. The van der Waals surface area contributed by atoms with E-state index >= 15 is 0 Å². The molecule has 0 saturated carbocycles. The zero-order valence-electron chi connectivity index (χ0n) is 10.2. The summed E-state index contributed by atoms with van der Waals surface area (Å²) in [5.74, 6) is -0.198. The molecule has 0 unspecified atom stereocenters. The normalized spacial score (nSPS) is 10.3. The van der Waals surface area contributed by atoms with Gasteiger partial charge < -0.3 is 10.1 Å². The number of nitrogens with one attached hydrogen (secondary N) is 1. The Hall–Kier alpha value is -1.45. The number of benzene rings is 2. The fourth-order valence-electron chi connectivity index (χ4n) is 1.65. The van der Waals surface area contributed by atoms with Crippen LogP contribution in [0.1, 0.15) is 5.56 Å². The smallest absolute Gasteiger partial charge is 0.165 e. The summed E-state index contributed by atoms with van der Waals surface area (Å²) in [6, 6.07) is 9.84. The third-order valence-electron chi connectivity index (χ3n) is 2.64. The maximum Gasteiger partial charge on any atom is 0.165 e. The van der Waals surface area contributed by atoms with Gasteiger partial charge in [0.1, 0.15) is 0 Å². The van der Waals surface area contributed by atoms with E-state index in [1.54, 1.807) is 30.3 Å². The molecule has 0 heterocycles. The summed E-state index contributed by atoms with van der Waals surface area (Å²) in [6.07, 6.45) is 0. The van der Waals surface area contributed by atoms with Gasteiger partial charge in [-0.3, -0.25) is 0 Å². The highest BCUT2D eigenvalue weighted by Crippen LogP contribution is 2.24. The minimum atomic E-state index is -0.395. The number of anilines is 1. The lowest BCUT2D eigenvalue weighted by Crippen LogP contribution is -2.01. The predicted molar refractivity (Wildman–Crippen MR) is 76.7 cm³/mol. The molecule has 0 bridgehead atoms. The Labute approximate surface area is 121 Å². The fourth-order valence-corrected chi connectivity index (χ4v) is 2.02. The van der Waals surface area contributed by atoms with Crippen molar-refractivity contribution >= 4 is 28.9 Å². The van der Waals surface area contributed by atoms with Crippen molar-refractivity contribution in [2.45, 2.75) is 6.54 Å². The SMILES string of the molecule is COc1cc(NCc2cc(Cl)ccc2Cl)ccc1F. The van der Waals surface area contributed by atoms with Crippen LogP contribution in [-0.2, 0) is 6.54 Å². The second kappa shape index (κ2) is 6.13. The third-order valence-corrected chi connectivity index (χ3v) is 3.25. The minimum absolute atomic E-state index is 0.196. The zero-order valence-corrected chi connectivity index (χ0v) is 11.7. The van der Waals surface area contributed by atoms with Crippen LogP contribution in [0.25, 0.3) is 0 Å². The number of ether oxygens (including phenoxy) is 1. The zero-order chi connectivity index (χ0) is 13.8. The number of halogens is 3. The van der Waals surface area contributed by atoms with Gasteiger partial charge in [-0.05, 0) is 35.9 Å². The first-order valence-electron chi connectivity index (χ1n) is 5.61. The monoisotopic (exact) mass is 299 g/mol. The molecule has 0 aliphatic heterocycles. The molecule has 0 amide bonds. The molecule has 0 aliphatic carbocycles. The van der Waals surface area contributed by atoms with E-state index in [1.165, 1.54) is 13.2 Å². The van der Waals surface area contributed by atoms with E-state index < -0.39 is 5.82 Å². The standard InChI is InChI=1S/C14H12Cl2FNO/c1-19-14-7-11(3-5-13(14)17)18-8-9-6-10(15)2-4-12(9)16/h2-7,18H,8H2,1H3. The summed E-state index contributed by atoms with van der Waals surface area (Å²) < 4.78 is 18.2. The van der Waals surface area contributed by atoms with Crippen molar-refractivity contribution < 1.29 is 9.13 Å². The molecule has 0 atom stereocenters. The van der Waals surface area contributed by atoms with Crippen LogP contribution in [-0.4, -0.2) is 7.11 Å². The first-order chi connectivity index (χ1) is 9.10. The van der Waals surface area contributed by atoms with Crippen molar-refractivity contribution in [3.05, 3.63) is 57.8 Å². The molecule has 2 aromatic carbocycles. The van der Waals surface area contributed by atoms with Crippen molar-refractivity contribution in [1.82, 2.24) is 0 Å². The van der Waals surface area contributed by atoms with Crippen LogP contribution in [0.5, 0.6) is 5.75 Å². The van der Waals surface area contributed by atoms with Gasteiger partial charge in [-0.1, -0.05) is 23.2 Å². The lowest BCUT2D eigenvalue weighted by atomic mass is 10.2. The summed E-state index contributed by atoms with van der Waals surface area (Å²) in [6.45, 7) is 0.494. The van der Waals surface area contributed by atoms with Crippen LogP contribution in [0.15, 0.2) is 36.4 Å². The van der Waals surface area contributed by atoms with Crippen LogP contribution in [0.4, 0.5) is 10.1 Å². The molecule has 0 spiro atoms. The summed E-state index contributed by atoms with van der Waals surface area (Å²) in [5, 5.41) is 4.39. The van der Waals surface area contributed by atoms with Crippen LogP contribution >= 0.6 is 23.2 Å². The Balaban J connectivity index is 2.12. The Morgan fingerprint density at radius 2 is 1.95 bits per heavy atom. The van der Waals surface area contributed by atoms with E-state index in [9.17, 15) is 4.39 Å². The molecule has 2 aromatic rings. The quantitative estimate of drug-likeness (QED) is 0.879. The summed E-state index contributed by atoms with van der Waals surface area (Å²) in [7, 11) is 1.43. The molecule has 2 nitrogen and oxygen atoms in total. The van der Waals surface area contributed by atoms with Crippen LogP contribution in [0, 0.1) is 5.82 Å². The highest BCUT2D eigenvalue weighted by Gasteiger charge is 2.05. The van der Waals surface area contributed by atoms with Gasteiger partial charge in [0.05, 0.1) is 7.11 Å². The number of hydrogen-bond acceptors (Lipinski definition) is 2. The molecule has 0 radical (unpaired) electrons. The Morgan fingerprint density at radius 1 is 1.16 bits per heavy atom. The second-order valence-corrected chi connectivity index (χ2v) is 4.78. The summed E-state index contributed by atoms with van der Waals surface area (Å²) in [5.41, 5.74) is 1.62. The Morgan fingerprint density at radius 3 is 2.68 bits per heavy atom. The van der Waals surface area contributed by atoms with Gasteiger partial charge in [-0.15, -0.1) is 0 Å². The average Bonchev–Trinajstić information content (AvgIpc) is 2.41. The number of methoxy groups -OCH3 is 1. The maximum atomic E-state index is 13.3. The van der Waals surface area contributed by atoms with Crippen molar-refractivity contribution in [3.8, 4) is 5.75 Å². The minimum Gasteiger partial charge on any atom is -0.494 e. The summed E-state index contributed by atoms with van der Waals surface area (Å²) >= 11 is 12.0. The highest BCUT2D eigenvalue weighted by atomic mass is 35.5. The van der Waals surface area contributed by atoms with E-state index in [0.717, 1.165) is 11.3 Å². The van der Waals surface area contributed by atoms with Crippen LogP contribution in [0.2, 0.25) is 10.0 Å². The molecule has 0 saturated heterocycles. The summed E-state index contributed by atoms with van der Waals surface area (Å²) in [4.78, 5) is 0. The molecule has 1 N–H and O–H groups in total. The molecular formula is C14H12Cl2FNO. The van der Waals surface area contributed by atoms with Gasteiger partial charge in [-0.25, -0.2) is 4.39 Å². The van der Waals surface area contributed by atoms with Gasteiger partial charge in [-0.2, -0.15) is 0 Å². The maximum absolute atomic E-state index is 13.3. The van der Waals surface area contributed by atoms with Crippen molar-refractivity contribution in [3.63, 3.8) is 0 Å². The van der Waals surface area contributed by atoms with E-state index in [-0.39, 0.29) is 5.75 Å². The van der Waals surface area contributed by atoms with Crippen LogP contribution < -0.4 is 10.1 Å². The molecule has 2 rings (SSSR count). The van der Waals surface area contributed by atoms with E-state index in [2.05, 4.69) is 5.32 Å². The predicted octanol–water partition coefficient (Wildman–Crippen LogP) is 4.75. The second-order valence-electron chi connectivity index (χ2n) is 3.94. The molecule has 19 heavy (non-hydrogen) atoms. The molecule has 0 aliphatic rings. The van der Waals surface area contributed by atoms with Crippen LogP contribution in [0.3, 0.4) is 0 Å². The molecule has 5 heteroatoms. The van der Waals surface area contributed by atoms with Crippen molar-refractivity contribution in [1.29, 1.82) is 0 Å². The Bertz CT molecular complexity index is 590. The first kappa shape index (κ1) is 14.0. The van der Waals surface area contributed by atoms with E-state index in [1.807, 2.05) is 0 Å². The van der Waals surface area contributed by atoms with E-state index in [4.69, 9.17) is 27.9 Å². The van der Waals surface area contributed by atoms with Gasteiger partial charge in [0.2, 0.25) is 0 Å². The number of rotatable bonds is 4. The third kappa shape index (κ3) is 3.52. The fraction of sp³-hybridized carbons (Fsp3) is 0.143. The average molecular weight is 300 g/mol. The molecule has 100 valence electrons. The largest absolute Gasteiger partial charge is 0.494 e. The topological polar surface area (TPSA) is 21.3 Å². The number of hydrogen-bond donors (Lipinski definition) is 1. The first-order valence-corrected chi connectivity index (χ1v) is 6.37. The van der Waals surface area contributed by atoms with Crippen molar-refractivity contribution in [2.24, 2.45) is 0 Å². The van der Waals surface area contributed by atoms with Crippen molar-refractivity contribution in [2.75, 3.05) is 12.4 Å². The van der Waals surface area contributed by atoms with Gasteiger partial charge in [0.15, 0.2) is 11.6 Å². The van der Waals surface area contributed by atoms with Gasteiger partial charge >= 0.3 is 0 Å². The van der Waals surface area contributed by atoms with Gasteiger partial charge in [0.25, 0.3) is 0 Å². The lowest BCUT2D eigenvalue weighted by molar-refractivity contribution is 0.387. The molecule has 0 fully saturated rings. The molecular weight excluding hydrogens is 288 g/mol. The lowest BCUT2D eigenvalue weighted by Gasteiger charge is -2.10. The van der Waals surface area contributed by atoms with Gasteiger partial charge in [0, 0.05) is 28.3 Å².